The second kappa shape index (κ2) is 4.26. The predicted octanol–water partition coefficient (Wildman–Crippen LogP) is 2.05. The van der Waals surface area contributed by atoms with Crippen molar-refractivity contribution >= 4 is 12.1 Å². The van der Waals surface area contributed by atoms with E-state index in [1.807, 2.05) is 12.1 Å². The number of hydrogen-bond donors (Lipinski definition) is 0. The molecule has 0 spiro atoms. The molecule has 1 aromatic heterocycles. The van der Waals surface area contributed by atoms with E-state index in [2.05, 4.69) is 22.9 Å². The fourth-order valence-electron chi connectivity index (χ4n) is 1.76. The molecule has 78 valence electrons. The van der Waals surface area contributed by atoms with Crippen LogP contribution in [-0.4, -0.2) is 24.4 Å². The minimum atomic E-state index is 0.628. The summed E-state index contributed by atoms with van der Waals surface area (Å²) in [6.07, 6.45) is 5.77. The highest BCUT2D eigenvalue weighted by Crippen LogP contribution is 2.16. The third-order valence-electron chi connectivity index (χ3n) is 2.56. The van der Waals surface area contributed by atoms with Crippen LogP contribution >= 0.6 is 0 Å². The summed E-state index contributed by atoms with van der Waals surface area (Å²) < 4.78 is 0. The number of aromatic nitrogens is 1. The van der Waals surface area contributed by atoms with Crippen molar-refractivity contribution in [3.63, 3.8) is 0 Å². The Hall–Kier alpha value is -1.64. The summed E-state index contributed by atoms with van der Waals surface area (Å²) in [5.41, 5.74) is 2.01. The number of nitrogens with zero attached hydrogens (tertiary/aromatic N) is 2. The van der Waals surface area contributed by atoms with E-state index in [4.69, 9.17) is 0 Å². The second-order valence-electron chi connectivity index (χ2n) is 3.83. The van der Waals surface area contributed by atoms with Gasteiger partial charge in [0.15, 0.2) is 6.29 Å². The van der Waals surface area contributed by atoms with E-state index >= 15 is 0 Å². The first-order valence-electron chi connectivity index (χ1n) is 5.11. The Morgan fingerprint density at radius 1 is 1.47 bits per heavy atom. The van der Waals surface area contributed by atoms with Gasteiger partial charge in [-0.1, -0.05) is 11.6 Å². The Balaban J connectivity index is 2.15. The molecule has 0 N–H and O–H groups in total. The van der Waals surface area contributed by atoms with E-state index in [1.165, 1.54) is 5.57 Å². The van der Waals surface area contributed by atoms with Gasteiger partial charge in [-0.3, -0.25) is 4.79 Å². The molecule has 0 saturated carbocycles. The average Bonchev–Trinajstić information content (AvgIpc) is 2.29. The third kappa shape index (κ3) is 2.24. The molecule has 0 bridgehead atoms. The van der Waals surface area contributed by atoms with Crippen molar-refractivity contribution in [1.29, 1.82) is 0 Å². The molecule has 0 radical (unpaired) electrons. The summed E-state index contributed by atoms with van der Waals surface area (Å²) in [5.74, 6) is 0.952. The molecule has 1 aliphatic rings. The van der Waals surface area contributed by atoms with Crippen molar-refractivity contribution in [3.8, 4) is 0 Å². The van der Waals surface area contributed by atoms with Gasteiger partial charge in [0.25, 0.3) is 0 Å². The van der Waals surface area contributed by atoms with Crippen LogP contribution < -0.4 is 4.90 Å². The number of rotatable bonds is 2. The lowest BCUT2D eigenvalue weighted by Crippen LogP contribution is -2.29. The zero-order valence-electron chi connectivity index (χ0n) is 8.81. The monoisotopic (exact) mass is 202 g/mol. The van der Waals surface area contributed by atoms with Crippen LogP contribution in [0, 0.1) is 0 Å². The van der Waals surface area contributed by atoms with Crippen molar-refractivity contribution in [2.24, 2.45) is 0 Å². The number of carbonyl (C=O) groups is 1. The van der Waals surface area contributed by atoms with Crippen molar-refractivity contribution in [2.75, 3.05) is 18.0 Å². The fraction of sp³-hybridized carbons (Fsp3) is 0.333. The normalized spacial score (nSPS) is 16.1. The fourth-order valence-corrected chi connectivity index (χ4v) is 1.76. The van der Waals surface area contributed by atoms with Crippen LogP contribution in [0.15, 0.2) is 30.0 Å². The Labute approximate surface area is 89.4 Å². The Morgan fingerprint density at radius 3 is 2.93 bits per heavy atom. The maximum atomic E-state index is 10.5. The van der Waals surface area contributed by atoms with Crippen molar-refractivity contribution in [3.05, 3.63) is 35.5 Å². The number of aldehydes is 1. The van der Waals surface area contributed by atoms with E-state index in [1.54, 1.807) is 6.20 Å². The highest BCUT2D eigenvalue weighted by molar-refractivity contribution is 5.74. The summed E-state index contributed by atoms with van der Waals surface area (Å²) >= 11 is 0. The summed E-state index contributed by atoms with van der Waals surface area (Å²) in [6.45, 7) is 4.07. The van der Waals surface area contributed by atoms with Crippen molar-refractivity contribution in [2.45, 2.75) is 13.3 Å². The minimum absolute atomic E-state index is 0.628. The van der Waals surface area contributed by atoms with Gasteiger partial charge in [0, 0.05) is 24.8 Å². The molecule has 0 atom stereocenters. The average molecular weight is 202 g/mol. The van der Waals surface area contributed by atoms with Gasteiger partial charge in [-0.2, -0.15) is 0 Å². The lowest BCUT2D eigenvalue weighted by Gasteiger charge is -2.27. The molecule has 1 aliphatic heterocycles. The number of hydrogen-bond acceptors (Lipinski definition) is 3. The quantitative estimate of drug-likeness (QED) is 0.543. The predicted molar refractivity (Wildman–Crippen MR) is 60.2 cm³/mol. The SMILES string of the molecule is CC1=CCCN(c2ccc(C=O)cn2)C1. The van der Waals surface area contributed by atoms with Crippen molar-refractivity contribution < 1.29 is 4.79 Å². The highest BCUT2D eigenvalue weighted by Gasteiger charge is 2.11. The molecule has 1 aromatic rings. The maximum absolute atomic E-state index is 10.5. The molecule has 0 unspecified atom stereocenters. The van der Waals surface area contributed by atoms with Gasteiger partial charge in [0.05, 0.1) is 0 Å². The zero-order valence-corrected chi connectivity index (χ0v) is 8.81. The molecule has 2 heterocycles. The van der Waals surface area contributed by atoms with Gasteiger partial charge in [-0.15, -0.1) is 0 Å². The van der Waals surface area contributed by atoms with Crippen LogP contribution in [0.1, 0.15) is 23.7 Å². The molecule has 0 aliphatic carbocycles. The number of anilines is 1. The summed E-state index contributed by atoms with van der Waals surface area (Å²) in [4.78, 5) is 17.0. The van der Waals surface area contributed by atoms with Gasteiger partial charge in [-0.05, 0) is 25.5 Å². The second-order valence-corrected chi connectivity index (χ2v) is 3.83. The molecule has 3 nitrogen and oxygen atoms in total. The summed E-state index contributed by atoms with van der Waals surface area (Å²) in [5, 5.41) is 0. The summed E-state index contributed by atoms with van der Waals surface area (Å²) in [7, 11) is 0. The van der Waals surface area contributed by atoms with E-state index < -0.39 is 0 Å². The maximum Gasteiger partial charge on any atom is 0.151 e. The van der Waals surface area contributed by atoms with Crippen LogP contribution in [-0.2, 0) is 0 Å². The van der Waals surface area contributed by atoms with Crippen LogP contribution in [0.2, 0.25) is 0 Å². The Bertz CT molecular complexity index is 381. The molecular formula is C12H14N2O. The van der Waals surface area contributed by atoms with Gasteiger partial charge >= 0.3 is 0 Å². The molecule has 0 saturated heterocycles. The van der Waals surface area contributed by atoms with E-state index in [-0.39, 0.29) is 0 Å². The third-order valence-corrected chi connectivity index (χ3v) is 2.56. The first kappa shape index (κ1) is 9.90. The molecular weight excluding hydrogens is 188 g/mol. The number of pyridine rings is 1. The molecule has 0 amide bonds. The van der Waals surface area contributed by atoms with E-state index in [0.29, 0.717) is 5.56 Å². The molecule has 3 heteroatoms. The topological polar surface area (TPSA) is 33.2 Å². The molecule has 2 rings (SSSR count). The van der Waals surface area contributed by atoms with Crippen LogP contribution in [0.25, 0.3) is 0 Å². The van der Waals surface area contributed by atoms with E-state index in [9.17, 15) is 4.79 Å². The zero-order chi connectivity index (χ0) is 10.7. The highest BCUT2D eigenvalue weighted by atomic mass is 16.1. The lowest BCUT2D eigenvalue weighted by molar-refractivity contribution is 0.112. The minimum Gasteiger partial charge on any atom is -0.352 e. The first-order chi connectivity index (χ1) is 7.29. The first-order valence-corrected chi connectivity index (χ1v) is 5.11. The standard InChI is InChI=1S/C12H14N2O/c1-10-3-2-6-14(8-10)12-5-4-11(9-15)7-13-12/h3-5,7,9H,2,6,8H2,1H3. The van der Waals surface area contributed by atoms with Crippen LogP contribution in [0.5, 0.6) is 0 Å². The Kier molecular flexibility index (Phi) is 2.81. The molecule has 0 fully saturated rings. The lowest BCUT2D eigenvalue weighted by atomic mass is 10.1. The largest absolute Gasteiger partial charge is 0.352 e. The van der Waals surface area contributed by atoms with Crippen LogP contribution in [0.4, 0.5) is 5.82 Å². The molecule has 0 aromatic carbocycles. The van der Waals surface area contributed by atoms with E-state index in [0.717, 1.165) is 31.6 Å². The van der Waals surface area contributed by atoms with Crippen LogP contribution in [0.3, 0.4) is 0 Å². The van der Waals surface area contributed by atoms with Gasteiger partial charge < -0.3 is 4.90 Å². The van der Waals surface area contributed by atoms with Crippen molar-refractivity contribution in [1.82, 2.24) is 4.98 Å². The number of carbonyl (C=O) groups excluding carboxylic acids is 1. The molecule has 15 heavy (non-hydrogen) atoms. The van der Waals surface area contributed by atoms with Gasteiger partial charge in [0.1, 0.15) is 5.82 Å². The van der Waals surface area contributed by atoms with Gasteiger partial charge in [0.2, 0.25) is 0 Å². The smallest absolute Gasteiger partial charge is 0.151 e. The van der Waals surface area contributed by atoms with Gasteiger partial charge in [-0.25, -0.2) is 4.98 Å². The Morgan fingerprint density at radius 2 is 2.33 bits per heavy atom. The summed E-state index contributed by atoms with van der Waals surface area (Å²) in [6, 6.07) is 3.71.